The Kier molecular flexibility index (Phi) is 5.50. The molecule has 2 aromatic heterocycles. The maximum Gasteiger partial charge on any atom is 0.260 e. The number of aryl methyl sites for hydroxylation is 1. The first kappa shape index (κ1) is 18.8. The molecule has 142 valence electrons. The molecule has 0 aliphatic heterocycles. The van der Waals surface area contributed by atoms with Crippen LogP contribution in [0.3, 0.4) is 0 Å². The fourth-order valence-corrected chi connectivity index (χ4v) is 4.31. The molecule has 0 saturated carbocycles. The van der Waals surface area contributed by atoms with E-state index in [1.54, 1.807) is 35.6 Å². The average Bonchev–Trinajstić information content (AvgIpc) is 3.34. The van der Waals surface area contributed by atoms with Gasteiger partial charge in [-0.05, 0) is 42.8 Å². The average molecular weight is 459 g/mol. The maximum absolute atomic E-state index is 13.6. The number of carbonyl (C=O) groups excluding carboxylic acids is 1. The van der Waals surface area contributed by atoms with Gasteiger partial charge >= 0.3 is 0 Å². The number of imidazole rings is 1. The molecule has 1 amide bonds. The molecule has 8 heteroatoms. The van der Waals surface area contributed by atoms with Crippen LogP contribution >= 0.6 is 27.3 Å². The smallest absolute Gasteiger partial charge is 0.260 e. The van der Waals surface area contributed by atoms with Gasteiger partial charge in [0.15, 0.2) is 5.13 Å². The van der Waals surface area contributed by atoms with Crippen LogP contribution < -0.4 is 4.90 Å². The number of thiazole rings is 1. The van der Waals surface area contributed by atoms with Crippen molar-refractivity contribution in [3.63, 3.8) is 0 Å². The zero-order chi connectivity index (χ0) is 19.5. The summed E-state index contributed by atoms with van der Waals surface area (Å²) in [4.78, 5) is 23.5. The van der Waals surface area contributed by atoms with E-state index in [-0.39, 0.29) is 11.7 Å². The number of nitrogens with zero attached hydrogens (tertiary/aromatic N) is 4. The monoisotopic (exact) mass is 458 g/mol. The summed E-state index contributed by atoms with van der Waals surface area (Å²) in [5.41, 5.74) is 1.26. The third-order valence-electron chi connectivity index (χ3n) is 4.24. The van der Waals surface area contributed by atoms with Crippen LogP contribution in [0.25, 0.3) is 10.2 Å². The van der Waals surface area contributed by atoms with Gasteiger partial charge in [-0.15, -0.1) is 0 Å². The molecule has 2 aromatic carbocycles. The molecule has 0 N–H and O–H groups in total. The maximum atomic E-state index is 13.6. The summed E-state index contributed by atoms with van der Waals surface area (Å²) in [5, 5.41) is 0.566. The van der Waals surface area contributed by atoms with Crippen molar-refractivity contribution in [3.8, 4) is 0 Å². The highest BCUT2D eigenvalue weighted by Crippen LogP contribution is 2.30. The lowest BCUT2D eigenvalue weighted by atomic mass is 10.2. The van der Waals surface area contributed by atoms with Crippen LogP contribution in [0.4, 0.5) is 9.52 Å². The van der Waals surface area contributed by atoms with E-state index in [9.17, 15) is 9.18 Å². The predicted octanol–water partition coefficient (Wildman–Crippen LogP) is 5.13. The predicted molar refractivity (Wildman–Crippen MR) is 112 cm³/mol. The topological polar surface area (TPSA) is 51.0 Å². The normalized spacial score (nSPS) is 11.1. The van der Waals surface area contributed by atoms with Gasteiger partial charge in [-0.2, -0.15) is 0 Å². The van der Waals surface area contributed by atoms with Crippen molar-refractivity contribution in [2.24, 2.45) is 0 Å². The number of halogens is 2. The molecule has 0 spiro atoms. The van der Waals surface area contributed by atoms with E-state index in [4.69, 9.17) is 0 Å². The number of anilines is 1. The number of benzene rings is 2. The molecule has 0 aliphatic rings. The molecule has 0 radical (unpaired) electrons. The Hall–Kier alpha value is -2.58. The van der Waals surface area contributed by atoms with Gasteiger partial charge in [-0.25, -0.2) is 14.4 Å². The van der Waals surface area contributed by atoms with Crippen molar-refractivity contribution < 1.29 is 9.18 Å². The van der Waals surface area contributed by atoms with Crippen molar-refractivity contribution in [1.82, 2.24) is 14.5 Å². The molecular weight excluding hydrogens is 443 g/mol. The van der Waals surface area contributed by atoms with Gasteiger partial charge in [0.2, 0.25) is 0 Å². The van der Waals surface area contributed by atoms with E-state index in [1.165, 1.54) is 23.5 Å². The number of aromatic nitrogens is 3. The van der Waals surface area contributed by atoms with E-state index >= 15 is 0 Å². The molecule has 5 nitrogen and oxygen atoms in total. The zero-order valence-corrected chi connectivity index (χ0v) is 17.2. The molecule has 28 heavy (non-hydrogen) atoms. The minimum absolute atomic E-state index is 0.133. The minimum Gasteiger partial charge on any atom is -0.337 e. The second-order valence-corrected chi connectivity index (χ2v) is 8.15. The van der Waals surface area contributed by atoms with Crippen LogP contribution in [0.2, 0.25) is 0 Å². The first-order valence-electron chi connectivity index (χ1n) is 8.69. The van der Waals surface area contributed by atoms with Gasteiger partial charge in [-0.3, -0.25) is 9.69 Å². The Bertz CT molecular complexity index is 1110. The standard InChI is InChI=1S/C20H16BrFN4OS/c21-15-4-1-3-14(11-15)19(27)26(9-2-8-25-10-7-23-13-25)20-24-17-6-5-16(22)12-18(17)28-20/h1,3-7,10-13H,2,8-9H2. The molecule has 0 bridgehead atoms. The number of hydrogen-bond donors (Lipinski definition) is 0. The molecule has 0 aliphatic carbocycles. The van der Waals surface area contributed by atoms with Crippen molar-refractivity contribution in [2.45, 2.75) is 13.0 Å². The largest absolute Gasteiger partial charge is 0.337 e. The number of amides is 1. The minimum atomic E-state index is -0.312. The molecular formula is C20H16BrFN4OS. The Morgan fingerprint density at radius 1 is 1.25 bits per heavy atom. The summed E-state index contributed by atoms with van der Waals surface area (Å²) in [6.45, 7) is 1.23. The third-order valence-corrected chi connectivity index (χ3v) is 5.78. The Morgan fingerprint density at radius 2 is 2.14 bits per heavy atom. The van der Waals surface area contributed by atoms with Crippen LogP contribution in [0.1, 0.15) is 16.8 Å². The zero-order valence-electron chi connectivity index (χ0n) is 14.8. The summed E-state index contributed by atoms with van der Waals surface area (Å²) < 4.78 is 17.1. The van der Waals surface area contributed by atoms with Crippen LogP contribution in [-0.2, 0) is 6.54 Å². The Balaban J connectivity index is 1.63. The fourth-order valence-electron chi connectivity index (χ4n) is 2.89. The molecule has 0 fully saturated rings. The lowest BCUT2D eigenvalue weighted by Crippen LogP contribution is -2.32. The lowest BCUT2D eigenvalue weighted by molar-refractivity contribution is 0.0986. The van der Waals surface area contributed by atoms with Crippen LogP contribution in [0, 0.1) is 5.82 Å². The molecule has 2 heterocycles. The highest BCUT2D eigenvalue weighted by atomic mass is 79.9. The van der Waals surface area contributed by atoms with E-state index in [0.29, 0.717) is 22.8 Å². The van der Waals surface area contributed by atoms with Crippen LogP contribution in [0.15, 0.2) is 65.7 Å². The number of fused-ring (bicyclic) bond motifs is 1. The van der Waals surface area contributed by atoms with Gasteiger partial charge in [0.05, 0.1) is 16.5 Å². The quantitative estimate of drug-likeness (QED) is 0.402. The number of carbonyl (C=O) groups is 1. The Labute approximate surface area is 173 Å². The number of hydrogen-bond acceptors (Lipinski definition) is 4. The van der Waals surface area contributed by atoms with Crippen molar-refractivity contribution >= 4 is 48.5 Å². The Morgan fingerprint density at radius 3 is 2.93 bits per heavy atom. The summed E-state index contributed by atoms with van der Waals surface area (Å²) in [5.74, 6) is -0.445. The van der Waals surface area contributed by atoms with E-state index in [2.05, 4.69) is 25.9 Å². The summed E-state index contributed by atoms with van der Waals surface area (Å²) in [6.07, 6.45) is 6.11. The van der Waals surface area contributed by atoms with E-state index < -0.39 is 0 Å². The van der Waals surface area contributed by atoms with Crippen molar-refractivity contribution in [2.75, 3.05) is 11.4 Å². The summed E-state index contributed by atoms with van der Waals surface area (Å²) in [7, 11) is 0. The van der Waals surface area contributed by atoms with Gasteiger partial charge in [-0.1, -0.05) is 33.3 Å². The second kappa shape index (κ2) is 8.20. The van der Waals surface area contributed by atoms with Crippen LogP contribution in [0.5, 0.6) is 0 Å². The lowest BCUT2D eigenvalue weighted by Gasteiger charge is -2.20. The third kappa shape index (κ3) is 4.13. The van der Waals surface area contributed by atoms with Crippen molar-refractivity contribution in [3.05, 3.63) is 77.0 Å². The molecule has 0 saturated heterocycles. The van der Waals surface area contributed by atoms with Gasteiger partial charge in [0.25, 0.3) is 5.91 Å². The first-order chi connectivity index (χ1) is 13.6. The first-order valence-corrected chi connectivity index (χ1v) is 10.3. The molecule has 4 aromatic rings. The summed E-state index contributed by atoms with van der Waals surface area (Å²) >= 11 is 4.73. The summed E-state index contributed by atoms with van der Waals surface area (Å²) in [6, 6.07) is 11.7. The number of rotatable bonds is 6. The second-order valence-electron chi connectivity index (χ2n) is 6.23. The van der Waals surface area contributed by atoms with Gasteiger partial charge in [0, 0.05) is 35.5 Å². The van der Waals surface area contributed by atoms with Crippen molar-refractivity contribution in [1.29, 1.82) is 0 Å². The van der Waals surface area contributed by atoms with E-state index in [0.717, 1.165) is 22.1 Å². The van der Waals surface area contributed by atoms with Gasteiger partial charge in [0.1, 0.15) is 5.82 Å². The molecule has 0 unspecified atom stereocenters. The molecule has 4 rings (SSSR count). The highest BCUT2D eigenvalue weighted by Gasteiger charge is 2.21. The fraction of sp³-hybridized carbons (Fsp3) is 0.150. The van der Waals surface area contributed by atoms with Crippen LogP contribution in [-0.4, -0.2) is 27.0 Å². The molecule has 0 atom stereocenters. The highest BCUT2D eigenvalue weighted by molar-refractivity contribution is 9.10. The SMILES string of the molecule is O=C(c1cccc(Br)c1)N(CCCn1ccnc1)c1nc2ccc(F)cc2s1. The van der Waals surface area contributed by atoms with E-state index in [1.807, 2.05) is 22.9 Å². The van der Waals surface area contributed by atoms with Gasteiger partial charge < -0.3 is 4.57 Å².